The van der Waals surface area contributed by atoms with E-state index in [9.17, 15) is 0 Å². The summed E-state index contributed by atoms with van der Waals surface area (Å²) in [5.74, 6) is 1.69. The lowest BCUT2D eigenvalue weighted by Gasteiger charge is -2.28. The van der Waals surface area contributed by atoms with Gasteiger partial charge in [0, 0.05) is 25.0 Å². The lowest BCUT2D eigenvalue weighted by atomic mass is 9.82. The third-order valence-electron chi connectivity index (χ3n) is 4.35. The normalized spacial score (nSPS) is 19.1. The quantitative estimate of drug-likeness (QED) is 0.876. The summed E-state index contributed by atoms with van der Waals surface area (Å²) in [5.41, 5.74) is 0.342. The van der Waals surface area contributed by atoms with E-state index in [0.717, 1.165) is 12.5 Å². The number of nitrogens with zero attached hydrogens (tertiary/aromatic N) is 2. The van der Waals surface area contributed by atoms with Crippen molar-refractivity contribution in [1.82, 2.24) is 9.55 Å². The molecule has 0 spiro atoms. The number of hydrogen-bond donors (Lipinski definition) is 1. The maximum absolute atomic E-state index is 4.47. The van der Waals surface area contributed by atoms with Gasteiger partial charge in [-0.25, -0.2) is 4.98 Å². The summed E-state index contributed by atoms with van der Waals surface area (Å²) in [7, 11) is 0. The maximum atomic E-state index is 4.47. The van der Waals surface area contributed by atoms with Gasteiger partial charge < -0.3 is 9.88 Å². The predicted octanol–water partition coefficient (Wildman–Crippen LogP) is 3.92. The molecule has 0 aliphatic heterocycles. The first kappa shape index (κ1) is 13.4. The van der Waals surface area contributed by atoms with Crippen molar-refractivity contribution in [2.45, 2.75) is 66.0 Å². The van der Waals surface area contributed by atoms with Gasteiger partial charge in [0.15, 0.2) is 0 Å². The number of nitrogens with one attached hydrogen (secondary N) is 1. The Balaban J connectivity index is 1.98. The third-order valence-corrected chi connectivity index (χ3v) is 4.35. The molecule has 1 heterocycles. The van der Waals surface area contributed by atoms with E-state index in [1.165, 1.54) is 25.7 Å². The molecule has 0 bridgehead atoms. The van der Waals surface area contributed by atoms with Gasteiger partial charge >= 0.3 is 0 Å². The highest BCUT2D eigenvalue weighted by Gasteiger charge is 2.22. The topological polar surface area (TPSA) is 29.9 Å². The van der Waals surface area contributed by atoms with E-state index < -0.39 is 0 Å². The van der Waals surface area contributed by atoms with Crippen LogP contribution in [0, 0.1) is 11.3 Å². The Labute approximate surface area is 111 Å². The van der Waals surface area contributed by atoms with Crippen LogP contribution < -0.4 is 5.32 Å². The van der Waals surface area contributed by atoms with Crippen LogP contribution in [0.15, 0.2) is 12.4 Å². The average Bonchev–Trinajstić information content (AvgIpc) is 2.90. The predicted molar refractivity (Wildman–Crippen MR) is 76.7 cm³/mol. The van der Waals surface area contributed by atoms with Crippen LogP contribution in [0.25, 0.3) is 0 Å². The molecule has 0 amide bonds. The highest BCUT2D eigenvalue weighted by molar-refractivity contribution is 5.28. The second-order valence-electron chi connectivity index (χ2n) is 6.80. The van der Waals surface area contributed by atoms with Crippen molar-refractivity contribution in [2.75, 3.05) is 5.32 Å². The number of aromatic nitrogens is 2. The van der Waals surface area contributed by atoms with Crippen molar-refractivity contribution in [3.8, 4) is 0 Å². The van der Waals surface area contributed by atoms with Crippen LogP contribution in [0.3, 0.4) is 0 Å². The molecule has 3 heteroatoms. The fraction of sp³-hybridized carbons (Fsp3) is 0.800. The number of hydrogen-bond acceptors (Lipinski definition) is 2. The number of rotatable bonds is 4. The van der Waals surface area contributed by atoms with Crippen LogP contribution in [0.2, 0.25) is 0 Å². The van der Waals surface area contributed by atoms with Gasteiger partial charge in [0.2, 0.25) is 5.95 Å². The van der Waals surface area contributed by atoms with Crippen LogP contribution in [-0.4, -0.2) is 15.6 Å². The minimum atomic E-state index is 0.342. The first-order valence-corrected chi connectivity index (χ1v) is 7.24. The van der Waals surface area contributed by atoms with E-state index in [0.29, 0.717) is 17.4 Å². The summed E-state index contributed by atoms with van der Waals surface area (Å²) in [6, 6.07) is 0.635. The minimum Gasteiger partial charge on any atom is -0.353 e. The molecule has 0 aromatic carbocycles. The fourth-order valence-corrected chi connectivity index (χ4v) is 2.42. The van der Waals surface area contributed by atoms with Crippen LogP contribution in [0.5, 0.6) is 0 Å². The second kappa shape index (κ2) is 5.33. The molecule has 3 nitrogen and oxygen atoms in total. The van der Waals surface area contributed by atoms with Crippen molar-refractivity contribution < 1.29 is 0 Å². The Bertz CT molecular complexity index is 369. The third kappa shape index (κ3) is 3.27. The van der Waals surface area contributed by atoms with E-state index in [4.69, 9.17) is 0 Å². The van der Waals surface area contributed by atoms with Gasteiger partial charge in [-0.15, -0.1) is 0 Å². The Morgan fingerprint density at radius 3 is 2.67 bits per heavy atom. The minimum absolute atomic E-state index is 0.342. The van der Waals surface area contributed by atoms with Crippen molar-refractivity contribution in [2.24, 2.45) is 11.3 Å². The SMILES string of the molecule is CC(Cn1ccnc1NC1CCCC1)C(C)(C)C. The molecular formula is C15H27N3. The van der Waals surface area contributed by atoms with Gasteiger partial charge in [0.25, 0.3) is 0 Å². The van der Waals surface area contributed by atoms with E-state index in [1.807, 2.05) is 6.20 Å². The highest BCUT2D eigenvalue weighted by atomic mass is 15.2. The van der Waals surface area contributed by atoms with E-state index in [-0.39, 0.29) is 0 Å². The van der Waals surface area contributed by atoms with E-state index >= 15 is 0 Å². The van der Waals surface area contributed by atoms with E-state index in [2.05, 4.69) is 48.8 Å². The molecule has 1 aromatic rings. The lowest BCUT2D eigenvalue weighted by Crippen LogP contribution is -2.24. The van der Waals surface area contributed by atoms with Gasteiger partial charge in [-0.05, 0) is 24.2 Å². The first-order chi connectivity index (χ1) is 8.47. The van der Waals surface area contributed by atoms with Crippen LogP contribution in [-0.2, 0) is 6.54 Å². The molecule has 1 saturated carbocycles. The van der Waals surface area contributed by atoms with Gasteiger partial charge in [0.1, 0.15) is 0 Å². The van der Waals surface area contributed by atoms with Crippen LogP contribution >= 0.6 is 0 Å². The van der Waals surface area contributed by atoms with Gasteiger partial charge in [-0.3, -0.25) is 0 Å². The molecule has 0 saturated heterocycles. The number of anilines is 1. The van der Waals surface area contributed by atoms with E-state index in [1.54, 1.807) is 0 Å². The Hall–Kier alpha value is -0.990. The molecule has 2 rings (SSSR count). The zero-order valence-electron chi connectivity index (χ0n) is 12.2. The van der Waals surface area contributed by atoms with Crippen LogP contribution in [0.4, 0.5) is 5.95 Å². The Morgan fingerprint density at radius 2 is 2.06 bits per heavy atom. The molecule has 0 radical (unpaired) electrons. The van der Waals surface area contributed by atoms with Gasteiger partial charge in [0.05, 0.1) is 0 Å². The van der Waals surface area contributed by atoms with Gasteiger partial charge in [-0.2, -0.15) is 0 Å². The van der Waals surface area contributed by atoms with Crippen molar-refractivity contribution in [3.63, 3.8) is 0 Å². The Morgan fingerprint density at radius 1 is 1.39 bits per heavy atom. The molecule has 18 heavy (non-hydrogen) atoms. The maximum Gasteiger partial charge on any atom is 0.202 e. The monoisotopic (exact) mass is 249 g/mol. The smallest absolute Gasteiger partial charge is 0.202 e. The molecule has 1 aromatic heterocycles. The molecule has 1 N–H and O–H groups in total. The largest absolute Gasteiger partial charge is 0.353 e. The molecule has 102 valence electrons. The van der Waals surface area contributed by atoms with Crippen LogP contribution in [0.1, 0.15) is 53.4 Å². The van der Waals surface area contributed by atoms with Crippen molar-refractivity contribution in [1.29, 1.82) is 0 Å². The summed E-state index contributed by atoms with van der Waals surface area (Å²) in [4.78, 5) is 4.47. The van der Waals surface area contributed by atoms with Gasteiger partial charge in [-0.1, -0.05) is 40.5 Å². The summed E-state index contributed by atoms with van der Waals surface area (Å²) < 4.78 is 2.27. The lowest BCUT2D eigenvalue weighted by molar-refractivity contribution is 0.233. The first-order valence-electron chi connectivity index (χ1n) is 7.24. The second-order valence-corrected chi connectivity index (χ2v) is 6.80. The summed E-state index contributed by atoms with van der Waals surface area (Å²) in [6.07, 6.45) is 9.31. The van der Waals surface area contributed by atoms with Crippen molar-refractivity contribution in [3.05, 3.63) is 12.4 Å². The summed E-state index contributed by atoms with van der Waals surface area (Å²) >= 11 is 0. The molecule has 1 unspecified atom stereocenters. The molecule has 1 fully saturated rings. The molecule has 1 atom stereocenters. The standard InChI is InChI=1S/C15H27N3/c1-12(15(2,3)4)11-18-10-9-16-14(18)17-13-7-5-6-8-13/h9-10,12-13H,5-8,11H2,1-4H3,(H,16,17). The average molecular weight is 249 g/mol. The summed E-state index contributed by atoms with van der Waals surface area (Å²) in [5, 5.41) is 3.60. The highest BCUT2D eigenvalue weighted by Crippen LogP contribution is 2.28. The fourth-order valence-electron chi connectivity index (χ4n) is 2.42. The number of imidazole rings is 1. The zero-order valence-corrected chi connectivity index (χ0v) is 12.2. The molecule has 1 aliphatic carbocycles. The van der Waals surface area contributed by atoms with Crippen molar-refractivity contribution >= 4 is 5.95 Å². The Kier molecular flexibility index (Phi) is 3.98. The zero-order chi connectivity index (χ0) is 13.2. The molecule has 1 aliphatic rings. The summed E-state index contributed by atoms with van der Waals surface area (Å²) in [6.45, 7) is 10.3. The molecular weight excluding hydrogens is 222 g/mol.